The predicted molar refractivity (Wildman–Crippen MR) is 287 cm³/mol. The summed E-state index contributed by atoms with van der Waals surface area (Å²) in [6.07, 6.45) is 7.18. The summed E-state index contributed by atoms with van der Waals surface area (Å²) < 4.78 is 0. The van der Waals surface area contributed by atoms with Crippen molar-refractivity contribution in [3.05, 3.63) is 172 Å². The number of benzene rings is 3. The molecule has 0 amide bonds. The first-order valence-corrected chi connectivity index (χ1v) is 24.2. The molecule has 69 heavy (non-hydrogen) atoms. The molecule has 0 bridgehead atoms. The van der Waals surface area contributed by atoms with Gasteiger partial charge in [-0.25, -0.2) is 4.79 Å². The van der Waals surface area contributed by atoms with Crippen LogP contribution in [0.4, 0.5) is 5.69 Å². The van der Waals surface area contributed by atoms with E-state index < -0.39 is 11.4 Å². The molecule has 3 aromatic carbocycles. The van der Waals surface area contributed by atoms with Crippen molar-refractivity contribution < 1.29 is 9.90 Å². The zero-order valence-corrected chi connectivity index (χ0v) is 43.0. The topological polar surface area (TPSA) is 138 Å². The van der Waals surface area contributed by atoms with Crippen molar-refractivity contribution in [2.24, 2.45) is 0 Å². The summed E-state index contributed by atoms with van der Waals surface area (Å²) in [7, 11) is 0. The van der Waals surface area contributed by atoms with E-state index in [0.717, 1.165) is 75.9 Å². The molecule has 6 heterocycles. The molecule has 0 aliphatic rings. The third-order valence-corrected chi connectivity index (χ3v) is 12.8. The zero-order valence-electron chi connectivity index (χ0n) is 37.7. The number of aromatic amines is 1. The maximum absolute atomic E-state index is 12.4. The number of pyridine rings is 6. The molecule has 0 radical (unpaired) electrons. The van der Waals surface area contributed by atoms with Gasteiger partial charge in [0.1, 0.15) is 5.56 Å². The van der Waals surface area contributed by atoms with Gasteiger partial charge in [0.15, 0.2) is 0 Å². The third kappa shape index (κ3) is 11.4. The van der Waals surface area contributed by atoms with Gasteiger partial charge in [0, 0.05) is 97.0 Å². The normalized spacial score (nSPS) is 11.0. The Kier molecular flexibility index (Phi) is 16.7. The Hall–Kier alpha value is -5.56. The largest absolute Gasteiger partial charge is 0.477 e. The minimum atomic E-state index is -1.27. The number of hydrogen-bond donors (Lipinski definition) is 2. The molecule has 0 saturated heterocycles. The fourth-order valence-corrected chi connectivity index (χ4v) is 9.68. The number of rotatable bonds is 9. The van der Waals surface area contributed by atoms with Gasteiger partial charge >= 0.3 is 5.97 Å². The van der Waals surface area contributed by atoms with Crippen LogP contribution in [0.1, 0.15) is 54.1 Å². The summed E-state index contributed by atoms with van der Waals surface area (Å²) in [4.78, 5) is 51.7. The smallest absolute Gasteiger partial charge is 0.341 e. The molecule has 9 rings (SSSR count). The lowest BCUT2D eigenvalue weighted by Crippen LogP contribution is -2.25. The highest BCUT2D eigenvalue weighted by molar-refractivity contribution is 6.38. The van der Waals surface area contributed by atoms with E-state index in [0.29, 0.717) is 57.6 Å². The second-order valence-corrected chi connectivity index (χ2v) is 18.8. The maximum Gasteiger partial charge on any atom is 0.341 e. The average Bonchev–Trinajstić information content (AvgIpc) is 3.29. The summed E-state index contributed by atoms with van der Waals surface area (Å²) in [5.41, 5.74) is 8.69. The van der Waals surface area contributed by atoms with E-state index >= 15 is 0 Å². The lowest BCUT2D eigenvalue weighted by molar-refractivity contribution is 0.0694. The fraction of sp³-hybridized carbons (Fsp3) is 0.173. The van der Waals surface area contributed by atoms with Gasteiger partial charge in [-0.05, 0) is 119 Å². The first kappa shape index (κ1) is 51.3. The van der Waals surface area contributed by atoms with Crippen LogP contribution in [-0.4, -0.2) is 54.1 Å². The van der Waals surface area contributed by atoms with Crippen LogP contribution in [0.2, 0.25) is 35.2 Å². The molecular weight excluding hydrogens is 1020 g/mol. The van der Waals surface area contributed by atoms with E-state index in [2.05, 4.69) is 49.7 Å². The number of anilines is 1. The predicted octanol–water partition coefficient (Wildman–Crippen LogP) is 16.0. The van der Waals surface area contributed by atoms with Crippen LogP contribution in [-0.2, 0) is 0 Å². The highest BCUT2D eigenvalue weighted by Crippen LogP contribution is 2.38. The van der Waals surface area contributed by atoms with Gasteiger partial charge in [0.25, 0.3) is 0 Å². The van der Waals surface area contributed by atoms with Crippen molar-refractivity contribution in [2.75, 3.05) is 18.0 Å². The van der Waals surface area contributed by atoms with Crippen LogP contribution in [0.5, 0.6) is 0 Å². The van der Waals surface area contributed by atoms with Crippen LogP contribution in [0.25, 0.3) is 66.5 Å². The maximum atomic E-state index is 12.4. The number of aryl methyl sites for hydroxylation is 3. The molecule has 17 heteroatoms. The molecule has 0 atom stereocenters. The van der Waals surface area contributed by atoms with E-state index in [1.54, 1.807) is 42.6 Å². The van der Waals surface area contributed by atoms with E-state index in [1.165, 1.54) is 24.9 Å². The number of fused-ring (bicyclic) bond motifs is 3. The van der Waals surface area contributed by atoms with Crippen molar-refractivity contribution in [2.45, 2.75) is 47.5 Å². The zero-order chi connectivity index (χ0) is 49.7. The monoisotopic (exact) mass is 1060 g/mol. The number of hydrogen-bond acceptors (Lipinski definition) is 8. The van der Waals surface area contributed by atoms with Crippen LogP contribution < -0.4 is 10.3 Å². The number of nitrogens with one attached hydrogen (secondary N) is 1. The lowest BCUT2D eigenvalue weighted by Gasteiger charge is -2.26. The van der Waals surface area contributed by atoms with Crippen LogP contribution >= 0.6 is 81.2 Å². The van der Waals surface area contributed by atoms with Crippen molar-refractivity contribution >= 4 is 126 Å². The first-order valence-electron chi connectivity index (χ1n) is 21.5. The van der Waals surface area contributed by atoms with E-state index in [1.807, 2.05) is 56.4 Å². The van der Waals surface area contributed by atoms with Crippen molar-refractivity contribution in [3.8, 4) is 33.8 Å². The summed E-state index contributed by atoms with van der Waals surface area (Å²) in [6.45, 7) is 11.9. The number of carboxylic acid groups (broad SMARTS) is 1. The Morgan fingerprint density at radius 2 is 1.00 bits per heavy atom. The molecule has 0 saturated carbocycles. The first-order chi connectivity index (χ1) is 33.0. The molecule has 0 aliphatic heterocycles. The Bertz CT molecular complexity index is 3470. The SMILES string of the molecule is CCCN(CCC)c1cc(C)nc2c(-c3ccc(Cl)cc3Cl)nccc12.Cc1[nH]c2c(-c3ccc(Cl)cc3Cl)nccc2c(=O)c1C(=O)O.Cc1cc(Cl)c2ccnc(-c3ccc(Cl)cc3Cl)c2n1. The van der Waals surface area contributed by atoms with Gasteiger partial charge in [0.2, 0.25) is 5.43 Å². The third-order valence-electron chi connectivity index (χ3n) is 10.8. The van der Waals surface area contributed by atoms with Gasteiger partial charge in [0.05, 0.1) is 59.1 Å². The highest BCUT2D eigenvalue weighted by Gasteiger charge is 2.20. The Morgan fingerprint density at radius 3 is 1.48 bits per heavy atom. The Labute approximate surface area is 433 Å². The van der Waals surface area contributed by atoms with Crippen molar-refractivity contribution in [3.63, 3.8) is 0 Å². The number of aromatic nitrogens is 6. The second-order valence-electron chi connectivity index (χ2n) is 15.8. The lowest BCUT2D eigenvalue weighted by atomic mass is 10.0. The van der Waals surface area contributed by atoms with E-state index in [-0.39, 0.29) is 16.6 Å². The van der Waals surface area contributed by atoms with E-state index in [4.69, 9.17) is 86.2 Å². The van der Waals surface area contributed by atoms with Crippen LogP contribution in [0.15, 0.2) is 108 Å². The molecule has 0 unspecified atom stereocenters. The molecule has 2 N–H and O–H groups in total. The van der Waals surface area contributed by atoms with Crippen LogP contribution in [0, 0.1) is 20.8 Å². The standard InChI is InChI=1S/C21H23Cl2N3.C16H10Cl2N2O3.C15H9Cl3N2/c1-4-10-26(11-5-2)19-12-14(3)25-21-17(19)8-9-24-20(21)16-7-6-15(22)13-18(16)23;1-7-12(16(22)23)15(21)10-4-5-19-13(14(10)20-7)9-3-2-8(17)6-11(9)18;1-8-6-12(17)11-4-5-19-14(15(11)20-8)10-3-2-9(16)7-13(10)18/h6-9,12-13H,4-5,10-11H2,1-3H3;2-6H,1H3,(H,20,21)(H,22,23);2-7H,1H3. The van der Waals surface area contributed by atoms with Crippen molar-refractivity contribution in [1.29, 1.82) is 0 Å². The quantitative estimate of drug-likeness (QED) is 0.145. The fourth-order valence-electron chi connectivity index (χ4n) is 7.87. The van der Waals surface area contributed by atoms with Crippen molar-refractivity contribution in [1.82, 2.24) is 29.9 Å². The van der Waals surface area contributed by atoms with Gasteiger partial charge in [-0.3, -0.25) is 29.7 Å². The number of aromatic carboxylic acids is 1. The number of carbonyl (C=O) groups is 1. The summed E-state index contributed by atoms with van der Waals surface area (Å²) in [5.74, 6) is -1.27. The Morgan fingerprint density at radius 1 is 0.565 bits per heavy atom. The molecule has 0 fully saturated rings. The van der Waals surface area contributed by atoms with Gasteiger partial charge in [-0.2, -0.15) is 0 Å². The van der Waals surface area contributed by atoms with E-state index in [9.17, 15) is 14.7 Å². The number of carboxylic acids is 1. The summed E-state index contributed by atoms with van der Waals surface area (Å²) >= 11 is 43.1. The molecule has 0 spiro atoms. The second kappa shape index (κ2) is 22.5. The van der Waals surface area contributed by atoms with Crippen LogP contribution in [0.3, 0.4) is 0 Å². The summed E-state index contributed by atoms with van der Waals surface area (Å²) in [6, 6.07) is 25.1. The molecule has 0 aliphatic carbocycles. The number of nitrogens with zero attached hydrogens (tertiary/aromatic N) is 6. The molecule has 10 nitrogen and oxygen atoms in total. The molecular formula is C52H42Cl7N7O3. The minimum Gasteiger partial charge on any atom is -0.477 e. The molecule has 352 valence electrons. The van der Waals surface area contributed by atoms with Gasteiger partial charge in [-0.15, -0.1) is 0 Å². The average molecular weight is 1060 g/mol. The highest BCUT2D eigenvalue weighted by atomic mass is 35.5. The Balaban J connectivity index is 0.000000154. The van der Waals surface area contributed by atoms with Gasteiger partial charge < -0.3 is 15.0 Å². The summed E-state index contributed by atoms with van der Waals surface area (Å²) in [5, 5.41) is 15.2. The minimum absolute atomic E-state index is 0.240. The molecule has 6 aromatic heterocycles. The molecule has 9 aromatic rings. The number of H-pyrrole nitrogens is 1. The number of halogens is 7. The van der Waals surface area contributed by atoms with Gasteiger partial charge in [-0.1, -0.05) is 95.1 Å².